The van der Waals surface area contributed by atoms with E-state index in [1.165, 1.54) is 6.42 Å². The van der Waals surface area contributed by atoms with Crippen LogP contribution in [-0.2, 0) is 4.74 Å². The fraction of sp³-hybridized carbons (Fsp3) is 0.448. The Labute approximate surface area is 233 Å². The average Bonchev–Trinajstić information content (AvgIpc) is 3.33. The zero-order valence-electron chi connectivity index (χ0n) is 22.6. The number of pyridine rings is 1. The number of methoxy groups -OCH3 is 1. The highest BCUT2D eigenvalue weighted by molar-refractivity contribution is 6.33. The van der Waals surface area contributed by atoms with Crippen molar-refractivity contribution in [3.8, 4) is 23.0 Å². The van der Waals surface area contributed by atoms with Gasteiger partial charge in [0.15, 0.2) is 11.5 Å². The van der Waals surface area contributed by atoms with Crippen molar-refractivity contribution in [3.63, 3.8) is 0 Å². The number of hydrogen-bond donors (Lipinski definition) is 2. The normalized spacial score (nSPS) is 16.3. The number of benzene rings is 2. The van der Waals surface area contributed by atoms with E-state index in [0.29, 0.717) is 45.7 Å². The Balaban J connectivity index is 1.23. The second kappa shape index (κ2) is 11.9. The number of amides is 2. The Hall–Kier alpha value is -3.27. The van der Waals surface area contributed by atoms with Crippen molar-refractivity contribution in [1.82, 2.24) is 15.2 Å². The van der Waals surface area contributed by atoms with Gasteiger partial charge in [-0.3, -0.25) is 4.98 Å². The fourth-order valence-electron chi connectivity index (χ4n) is 5.01. The van der Waals surface area contributed by atoms with Gasteiger partial charge in [-0.15, -0.1) is 0 Å². The molecule has 0 saturated carbocycles. The molecule has 2 aliphatic rings. The minimum Gasteiger partial charge on any atom is -0.493 e. The molecule has 39 heavy (non-hydrogen) atoms. The fourth-order valence-corrected chi connectivity index (χ4v) is 5.23. The van der Waals surface area contributed by atoms with Gasteiger partial charge in [0.05, 0.1) is 43.2 Å². The van der Waals surface area contributed by atoms with Crippen molar-refractivity contribution in [1.29, 1.82) is 0 Å². The van der Waals surface area contributed by atoms with Crippen LogP contribution in [0.4, 0.5) is 10.5 Å². The first kappa shape index (κ1) is 27.3. The summed E-state index contributed by atoms with van der Waals surface area (Å²) in [7, 11) is 1.62. The van der Waals surface area contributed by atoms with Crippen LogP contribution in [-0.4, -0.2) is 68.5 Å². The van der Waals surface area contributed by atoms with Crippen LogP contribution in [0.5, 0.6) is 23.0 Å². The van der Waals surface area contributed by atoms with Crippen LogP contribution >= 0.6 is 11.6 Å². The Morgan fingerprint density at radius 1 is 1.18 bits per heavy atom. The van der Waals surface area contributed by atoms with E-state index >= 15 is 0 Å². The lowest BCUT2D eigenvalue weighted by Crippen LogP contribution is -2.44. The van der Waals surface area contributed by atoms with Gasteiger partial charge in [0.2, 0.25) is 0 Å². The zero-order chi connectivity index (χ0) is 27.4. The molecule has 0 unspecified atom stereocenters. The van der Waals surface area contributed by atoms with E-state index in [-0.39, 0.29) is 12.1 Å². The SMILES string of the molecule is COc1cc2c(Oc3ccc(NC(=O)NC(C)C)c(Cl)c3)ccnc2cc1OCCCN1CCC2(COC2)C1. The second-order valence-corrected chi connectivity index (χ2v) is 11.0. The van der Waals surface area contributed by atoms with Gasteiger partial charge in [0.1, 0.15) is 11.5 Å². The largest absolute Gasteiger partial charge is 0.493 e. The quantitative estimate of drug-likeness (QED) is 0.310. The summed E-state index contributed by atoms with van der Waals surface area (Å²) in [4.78, 5) is 19.0. The molecule has 1 aromatic heterocycles. The molecule has 5 rings (SSSR count). The summed E-state index contributed by atoms with van der Waals surface area (Å²) in [5, 5.41) is 6.66. The van der Waals surface area contributed by atoms with Gasteiger partial charge in [-0.1, -0.05) is 11.6 Å². The molecule has 0 bridgehead atoms. The number of hydrogen-bond acceptors (Lipinski definition) is 7. The number of carbonyl (C=O) groups is 1. The third-order valence-corrected chi connectivity index (χ3v) is 7.35. The van der Waals surface area contributed by atoms with Gasteiger partial charge in [-0.05, 0) is 57.5 Å². The molecular formula is C29H35ClN4O5. The number of likely N-dealkylation sites (tertiary alicyclic amines) is 1. The molecule has 3 heterocycles. The van der Waals surface area contributed by atoms with Gasteiger partial charge in [-0.25, -0.2) is 4.79 Å². The molecule has 0 aliphatic carbocycles. The molecule has 2 aliphatic heterocycles. The van der Waals surface area contributed by atoms with Crippen LogP contribution < -0.4 is 24.8 Å². The first-order chi connectivity index (χ1) is 18.8. The van der Waals surface area contributed by atoms with Gasteiger partial charge < -0.3 is 34.5 Å². The number of anilines is 1. The monoisotopic (exact) mass is 554 g/mol. The van der Waals surface area contributed by atoms with E-state index in [9.17, 15) is 4.79 Å². The Morgan fingerprint density at radius 3 is 2.72 bits per heavy atom. The molecule has 2 saturated heterocycles. The smallest absolute Gasteiger partial charge is 0.319 e. The zero-order valence-corrected chi connectivity index (χ0v) is 23.3. The second-order valence-electron chi connectivity index (χ2n) is 10.5. The van der Waals surface area contributed by atoms with Crippen molar-refractivity contribution in [2.75, 3.05) is 51.9 Å². The first-order valence-corrected chi connectivity index (χ1v) is 13.7. The molecule has 3 aromatic rings. The predicted molar refractivity (Wildman–Crippen MR) is 152 cm³/mol. The minimum absolute atomic E-state index is 0.0136. The van der Waals surface area contributed by atoms with Crippen molar-refractivity contribution in [3.05, 3.63) is 47.6 Å². The van der Waals surface area contributed by atoms with E-state index in [4.69, 9.17) is 30.5 Å². The predicted octanol–water partition coefficient (Wildman–Crippen LogP) is 5.71. The van der Waals surface area contributed by atoms with Crippen molar-refractivity contribution >= 4 is 34.2 Å². The van der Waals surface area contributed by atoms with E-state index < -0.39 is 0 Å². The Bertz CT molecular complexity index is 1330. The summed E-state index contributed by atoms with van der Waals surface area (Å²) in [5.74, 6) is 2.39. The molecule has 208 valence electrons. The van der Waals surface area contributed by atoms with Crippen molar-refractivity contribution < 1.29 is 23.7 Å². The third kappa shape index (κ3) is 6.49. The van der Waals surface area contributed by atoms with Crippen LogP contribution in [0, 0.1) is 5.41 Å². The summed E-state index contributed by atoms with van der Waals surface area (Å²) in [6.45, 7) is 9.43. The molecule has 9 nitrogen and oxygen atoms in total. The van der Waals surface area contributed by atoms with E-state index in [0.717, 1.165) is 50.2 Å². The van der Waals surface area contributed by atoms with E-state index in [2.05, 4.69) is 20.5 Å². The Kier molecular flexibility index (Phi) is 8.30. The Morgan fingerprint density at radius 2 is 2.03 bits per heavy atom. The first-order valence-electron chi connectivity index (χ1n) is 13.3. The van der Waals surface area contributed by atoms with Crippen LogP contribution in [0.1, 0.15) is 26.7 Å². The number of ether oxygens (including phenoxy) is 4. The van der Waals surface area contributed by atoms with Crippen molar-refractivity contribution in [2.45, 2.75) is 32.7 Å². The number of nitrogens with one attached hydrogen (secondary N) is 2. The number of urea groups is 1. The van der Waals surface area contributed by atoms with Gasteiger partial charge in [-0.2, -0.15) is 0 Å². The molecule has 2 aromatic carbocycles. The number of rotatable bonds is 10. The maximum Gasteiger partial charge on any atom is 0.319 e. The highest BCUT2D eigenvalue weighted by Crippen LogP contribution is 2.39. The molecule has 1 spiro atoms. The van der Waals surface area contributed by atoms with Crippen LogP contribution in [0.25, 0.3) is 10.9 Å². The van der Waals surface area contributed by atoms with E-state index in [1.807, 2.05) is 26.0 Å². The summed E-state index contributed by atoms with van der Waals surface area (Å²) < 4.78 is 23.3. The standard InChI is InChI=1S/C29H35ClN4O5/c1-19(2)32-28(35)33-23-6-5-20(13-22(23)30)39-25-7-9-31-24-15-27(26(36-3)14-21(24)25)38-12-4-10-34-11-8-29(16-34)17-37-18-29/h5-7,9,13-15,19H,4,8,10-12,16-18H2,1-3H3,(H2,32,33,35). The van der Waals surface area contributed by atoms with Crippen LogP contribution in [0.3, 0.4) is 0 Å². The molecular weight excluding hydrogens is 520 g/mol. The van der Waals surface area contributed by atoms with Crippen LogP contribution in [0.2, 0.25) is 5.02 Å². The molecule has 2 N–H and O–H groups in total. The number of fused-ring (bicyclic) bond motifs is 1. The number of carbonyl (C=O) groups excluding carboxylic acids is 1. The van der Waals surface area contributed by atoms with Gasteiger partial charge >= 0.3 is 6.03 Å². The summed E-state index contributed by atoms with van der Waals surface area (Å²) in [5.41, 5.74) is 1.62. The highest BCUT2D eigenvalue weighted by atomic mass is 35.5. The minimum atomic E-state index is -0.320. The summed E-state index contributed by atoms with van der Waals surface area (Å²) >= 11 is 6.41. The molecule has 2 amide bonds. The molecule has 10 heteroatoms. The number of nitrogens with zero attached hydrogens (tertiary/aromatic N) is 2. The summed E-state index contributed by atoms with van der Waals surface area (Å²) in [6.07, 6.45) is 3.85. The topological polar surface area (TPSA) is 94.2 Å². The van der Waals surface area contributed by atoms with Gasteiger partial charge in [0, 0.05) is 48.3 Å². The lowest BCUT2D eigenvalue weighted by Gasteiger charge is -2.37. The average molecular weight is 555 g/mol. The lowest BCUT2D eigenvalue weighted by molar-refractivity contribution is -0.105. The van der Waals surface area contributed by atoms with Crippen LogP contribution in [0.15, 0.2) is 42.6 Å². The number of aromatic nitrogens is 1. The molecule has 0 radical (unpaired) electrons. The molecule has 0 atom stereocenters. The third-order valence-electron chi connectivity index (χ3n) is 7.03. The number of halogens is 1. The van der Waals surface area contributed by atoms with Gasteiger partial charge in [0.25, 0.3) is 0 Å². The lowest BCUT2D eigenvalue weighted by atomic mass is 9.85. The summed E-state index contributed by atoms with van der Waals surface area (Å²) in [6, 6.07) is 10.3. The molecule has 2 fully saturated rings. The van der Waals surface area contributed by atoms with Crippen molar-refractivity contribution in [2.24, 2.45) is 5.41 Å². The van der Waals surface area contributed by atoms with E-state index in [1.54, 1.807) is 37.6 Å². The maximum atomic E-state index is 12.0. The highest BCUT2D eigenvalue weighted by Gasteiger charge is 2.43. The maximum absolute atomic E-state index is 12.0.